The molecule has 126 valence electrons. The number of rotatable bonds is 4. The molecule has 0 bridgehead atoms. The number of nitrogens with zero attached hydrogens (tertiary/aromatic N) is 1. The van der Waals surface area contributed by atoms with Gasteiger partial charge in [-0.3, -0.25) is 4.90 Å². The van der Waals surface area contributed by atoms with E-state index in [1.807, 2.05) is 0 Å². The number of hydrogen-bond donors (Lipinski definition) is 1. The smallest absolute Gasteiger partial charge is 0.159 e. The van der Waals surface area contributed by atoms with Gasteiger partial charge in [-0.25, -0.2) is 8.78 Å². The fraction of sp³-hybridized carbons (Fsp3) is 0.667. The zero-order chi connectivity index (χ0) is 16.0. The number of ether oxygens (including phenoxy) is 1. The highest BCUT2D eigenvalue weighted by molar-refractivity contribution is 5.22. The Bertz CT molecular complexity index is 578. The Morgan fingerprint density at radius 2 is 2.00 bits per heavy atom. The fourth-order valence-electron chi connectivity index (χ4n) is 4.17. The lowest BCUT2D eigenvalue weighted by Crippen LogP contribution is -2.41. The molecule has 0 unspecified atom stereocenters. The van der Waals surface area contributed by atoms with Crippen molar-refractivity contribution in [3.8, 4) is 0 Å². The average molecular weight is 322 g/mol. The average Bonchev–Trinajstić information content (AvgIpc) is 3.16. The standard InChI is InChI=1S/C18H24F2N2O/c1-11-8-13(10-22(11)14-3-4-14)21-17-6-7-23-18(17)12-2-5-15(19)16(20)9-12/h2,5,9,11,13-14,17-18,21H,3-4,6-8,10H2,1H3/t11-,13+,17+,18-/m1/s1. The summed E-state index contributed by atoms with van der Waals surface area (Å²) in [7, 11) is 0. The van der Waals surface area contributed by atoms with Crippen molar-refractivity contribution in [3.05, 3.63) is 35.4 Å². The summed E-state index contributed by atoms with van der Waals surface area (Å²) in [5.74, 6) is -1.60. The van der Waals surface area contributed by atoms with E-state index in [4.69, 9.17) is 4.74 Å². The van der Waals surface area contributed by atoms with E-state index in [9.17, 15) is 8.78 Å². The Morgan fingerprint density at radius 1 is 1.17 bits per heavy atom. The van der Waals surface area contributed by atoms with Gasteiger partial charge in [0.2, 0.25) is 0 Å². The van der Waals surface area contributed by atoms with Crippen molar-refractivity contribution in [2.24, 2.45) is 0 Å². The Hall–Kier alpha value is -1.04. The molecule has 4 rings (SSSR count). The Morgan fingerprint density at radius 3 is 2.74 bits per heavy atom. The third-order valence-corrected chi connectivity index (χ3v) is 5.45. The molecule has 3 aliphatic rings. The molecular weight excluding hydrogens is 298 g/mol. The van der Waals surface area contributed by atoms with Gasteiger partial charge >= 0.3 is 0 Å². The maximum Gasteiger partial charge on any atom is 0.159 e. The van der Waals surface area contributed by atoms with Crippen molar-refractivity contribution in [1.82, 2.24) is 10.2 Å². The van der Waals surface area contributed by atoms with Gasteiger partial charge < -0.3 is 10.1 Å². The highest BCUT2D eigenvalue weighted by atomic mass is 19.2. The van der Waals surface area contributed by atoms with Gasteiger partial charge in [0.05, 0.1) is 6.10 Å². The van der Waals surface area contributed by atoms with Crippen LogP contribution in [0.4, 0.5) is 8.78 Å². The molecule has 1 aromatic carbocycles. The molecule has 1 N–H and O–H groups in total. The minimum absolute atomic E-state index is 0.177. The molecule has 1 saturated carbocycles. The van der Waals surface area contributed by atoms with Crippen molar-refractivity contribution >= 4 is 0 Å². The Balaban J connectivity index is 1.42. The summed E-state index contributed by atoms with van der Waals surface area (Å²) in [6.45, 7) is 4.06. The van der Waals surface area contributed by atoms with Crippen LogP contribution >= 0.6 is 0 Å². The van der Waals surface area contributed by atoms with Crippen LogP contribution < -0.4 is 5.32 Å². The van der Waals surface area contributed by atoms with Crippen LogP contribution in [0.5, 0.6) is 0 Å². The summed E-state index contributed by atoms with van der Waals surface area (Å²) < 4.78 is 32.5. The third kappa shape index (κ3) is 3.14. The lowest BCUT2D eigenvalue weighted by molar-refractivity contribution is 0.0961. The van der Waals surface area contributed by atoms with Crippen LogP contribution in [0, 0.1) is 11.6 Å². The summed E-state index contributed by atoms with van der Waals surface area (Å²) in [6, 6.07) is 6.16. The topological polar surface area (TPSA) is 24.5 Å². The molecule has 1 aromatic rings. The SMILES string of the molecule is C[C@@H]1C[C@H](N[C@H]2CCO[C@@H]2c2ccc(F)c(F)c2)CN1C1CC1. The van der Waals surface area contributed by atoms with Crippen molar-refractivity contribution in [2.75, 3.05) is 13.2 Å². The van der Waals surface area contributed by atoms with Gasteiger partial charge in [0.1, 0.15) is 0 Å². The molecule has 0 radical (unpaired) electrons. The molecule has 3 nitrogen and oxygen atoms in total. The van der Waals surface area contributed by atoms with E-state index in [1.165, 1.54) is 25.0 Å². The highest BCUT2D eigenvalue weighted by Gasteiger charge is 2.40. The first-order valence-corrected chi connectivity index (χ1v) is 8.70. The summed E-state index contributed by atoms with van der Waals surface area (Å²) in [5.41, 5.74) is 0.726. The number of likely N-dealkylation sites (tertiary alicyclic amines) is 1. The van der Waals surface area contributed by atoms with Crippen LogP contribution in [0.2, 0.25) is 0 Å². The molecule has 0 amide bonds. The first-order chi connectivity index (χ1) is 11.1. The highest BCUT2D eigenvalue weighted by Crippen LogP contribution is 2.35. The molecule has 23 heavy (non-hydrogen) atoms. The molecule has 2 saturated heterocycles. The van der Waals surface area contributed by atoms with Gasteiger partial charge in [0.25, 0.3) is 0 Å². The fourth-order valence-corrected chi connectivity index (χ4v) is 4.17. The number of benzene rings is 1. The molecular formula is C18H24F2N2O. The lowest BCUT2D eigenvalue weighted by Gasteiger charge is -2.24. The summed E-state index contributed by atoms with van der Waals surface area (Å²) in [5, 5.41) is 3.72. The maximum absolute atomic E-state index is 13.5. The predicted molar refractivity (Wildman–Crippen MR) is 84.2 cm³/mol. The molecule has 0 spiro atoms. The van der Waals surface area contributed by atoms with Gasteiger partial charge in [0, 0.05) is 37.3 Å². The zero-order valence-corrected chi connectivity index (χ0v) is 13.5. The Kier molecular flexibility index (Phi) is 4.12. The molecule has 1 aliphatic carbocycles. The van der Waals surface area contributed by atoms with Gasteiger partial charge in [-0.05, 0) is 50.3 Å². The predicted octanol–water partition coefficient (Wildman–Crippen LogP) is 3.01. The van der Waals surface area contributed by atoms with E-state index < -0.39 is 11.6 Å². The summed E-state index contributed by atoms with van der Waals surface area (Å²) >= 11 is 0. The maximum atomic E-state index is 13.5. The van der Waals surface area contributed by atoms with E-state index in [1.54, 1.807) is 6.07 Å². The molecule has 2 heterocycles. The first-order valence-electron chi connectivity index (χ1n) is 8.70. The monoisotopic (exact) mass is 322 g/mol. The third-order valence-electron chi connectivity index (χ3n) is 5.45. The quantitative estimate of drug-likeness (QED) is 0.922. The van der Waals surface area contributed by atoms with Crippen molar-refractivity contribution in [2.45, 2.75) is 62.9 Å². The van der Waals surface area contributed by atoms with Crippen LogP contribution in [0.3, 0.4) is 0 Å². The number of hydrogen-bond acceptors (Lipinski definition) is 3. The minimum atomic E-state index is -0.805. The van der Waals surface area contributed by atoms with Gasteiger partial charge in [-0.1, -0.05) is 6.07 Å². The molecule has 4 atom stereocenters. The first kappa shape index (κ1) is 15.5. The Labute approximate surface area is 136 Å². The number of halogens is 2. The van der Waals surface area contributed by atoms with Crippen molar-refractivity contribution in [3.63, 3.8) is 0 Å². The minimum Gasteiger partial charge on any atom is -0.372 e. The van der Waals surface area contributed by atoms with Crippen LogP contribution in [0.1, 0.15) is 44.3 Å². The van der Waals surface area contributed by atoms with E-state index in [-0.39, 0.29) is 12.1 Å². The van der Waals surface area contributed by atoms with Gasteiger partial charge in [-0.15, -0.1) is 0 Å². The lowest BCUT2D eigenvalue weighted by atomic mass is 10.0. The molecule has 3 fully saturated rings. The zero-order valence-electron chi connectivity index (χ0n) is 13.5. The normalized spacial score (nSPS) is 35.1. The van der Waals surface area contributed by atoms with Crippen LogP contribution in [-0.4, -0.2) is 42.2 Å². The van der Waals surface area contributed by atoms with Crippen molar-refractivity contribution in [1.29, 1.82) is 0 Å². The molecule has 2 aliphatic heterocycles. The number of nitrogens with one attached hydrogen (secondary N) is 1. The van der Waals surface area contributed by atoms with Crippen molar-refractivity contribution < 1.29 is 13.5 Å². The van der Waals surface area contributed by atoms with E-state index in [0.717, 1.165) is 31.0 Å². The van der Waals surface area contributed by atoms with Crippen LogP contribution in [0.25, 0.3) is 0 Å². The second kappa shape index (κ2) is 6.11. The van der Waals surface area contributed by atoms with E-state index >= 15 is 0 Å². The summed E-state index contributed by atoms with van der Waals surface area (Å²) in [4.78, 5) is 2.61. The largest absolute Gasteiger partial charge is 0.372 e. The van der Waals surface area contributed by atoms with E-state index in [2.05, 4.69) is 17.1 Å². The molecule has 0 aromatic heterocycles. The van der Waals surface area contributed by atoms with E-state index in [0.29, 0.717) is 18.7 Å². The molecule has 5 heteroatoms. The second-order valence-corrected chi connectivity index (χ2v) is 7.24. The second-order valence-electron chi connectivity index (χ2n) is 7.24. The van der Waals surface area contributed by atoms with Gasteiger partial charge in [-0.2, -0.15) is 0 Å². The summed E-state index contributed by atoms with van der Waals surface area (Å²) in [6.07, 6.45) is 4.55. The van der Waals surface area contributed by atoms with Crippen LogP contribution in [0.15, 0.2) is 18.2 Å². The van der Waals surface area contributed by atoms with Crippen LogP contribution in [-0.2, 0) is 4.74 Å². The van der Waals surface area contributed by atoms with Gasteiger partial charge in [0.15, 0.2) is 11.6 Å².